The zero-order valence-corrected chi connectivity index (χ0v) is 20.5. The van der Waals surface area contributed by atoms with Crippen molar-refractivity contribution in [3.8, 4) is 0 Å². The molecule has 0 aromatic heterocycles. The summed E-state index contributed by atoms with van der Waals surface area (Å²) < 4.78 is 13.1. The predicted octanol–water partition coefficient (Wildman–Crippen LogP) is 6.12. The summed E-state index contributed by atoms with van der Waals surface area (Å²) in [5.41, 5.74) is 0.826. The molecule has 32 heavy (non-hydrogen) atoms. The Morgan fingerprint density at radius 2 is 1.78 bits per heavy atom. The highest BCUT2D eigenvalue weighted by Gasteiger charge is 2.51. The fourth-order valence-corrected chi connectivity index (χ4v) is 8.04. The number of hydrogen-bond donors (Lipinski definition) is 1. The van der Waals surface area contributed by atoms with Gasteiger partial charge < -0.3 is 10.2 Å². The van der Waals surface area contributed by atoms with Crippen LogP contribution in [0.4, 0.5) is 10.1 Å². The van der Waals surface area contributed by atoms with Crippen LogP contribution in [0.1, 0.15) is 64.7 Å². The summed E-state index contributed by atoms with van der Waals surface area (Å²) in [6.07, 6.45) is 10.8. The number of nitrogens with one attached hydrogen (secondary N) is 1. The summed E-state index contributed by atoms with van der Waals surface area (Å²) >= 11 is 1.85. The highest BCUT2D eigenvalue weighted by molar-refractivity contribution is 8.14. The lowest BCUT2D eigenvalue weighted by molar-refractivity contribution is -0.116. The monoisotopic (exact) mass is 479 g/mol. The molecule has 1 unspecified atom stereocenters. The van der Waals surface area contributed by atoms with Crippen molar-refractivity contribution < 1.29 is 9.18 Å². The first-order chi connectivity index (χ1) is 15.0. The second-order valence-corrected chi connectivity index (χ2v) is 11.3. The van der Waals surface area contributed by atoms with Gasteiger partial charge in [0.15, 0.2) is 5.17 Å². The maximum Gasteiger partial charge on any atom is 0.226 e. The van der Waals surface area contributed by atoms with E-state index in [0.29, 0.717) is 12.1 Å². The molecule has 7 heteroatoms. The summed E-state index contributed by atoms with van der Waals surface area (Å²) in [6, 6.07) is 6.18. The molecule has 5 fully saturated rings. The van der Waals surface area contributed by atoms with Gasteiger partial charge in [0, 0.05) is 30.4 Å². The fraction of sp³-hybridized carbons (Fsp3) is 0.680. The SMILES string of the molecule is CCCCN1/C(=N/C23CC4CC(CC(C4)C2)C3)SCC1CC(=O)Nc1ccc(F)cc1.Cl. The van der Waals surface area contributed by atoms with Gasteiger partial charge in [0.1, 0.15) is 5.82 Å². The van der Waals surface area contributed by atoms with Crippen LogP contribution in [0.3, 0.4) is 0 Å². The number of hydrogen-bond acceptors (Lipinski definition) is 3. The standard InChI is InChI=1S/C25H34FN3OS.ClH/c1-2-3-8-29-22(12-23(30)27-21-6-4-20(26)5-7-21)16-31-24(29)28-25-13-17-9-18(14-25)11-19(10-17)15-25;/h4-7,17-19,22H,2-3,8-16H2,1H3,(H,27,30);1H/b28-24-;. The lowest BCUT2D eigenvalue weighted by Crippen LogP contribution is -2.50. The molecule has 1 aliphatic heterocycles. The zero-order valence-electron chi connectivity index (χ0n) is 18.9. The number of anilines is 1. The van der Waals surface area contributed by atoms with Crippen molar-refractivity contribution in [2.45, 2.75) is 76.3 Å². The molecule has 4 bridgehead atoms. The Morgan fingerprint density at radius 3 is 2.38 bits per heavy atom. The number of nitrogens with zero attached hydrogens (tertiary/aromatic N) is 2. The topological polar surface area (TPSA) is 44.7 Å². The normalized spacial score (nSPS) is 34.1. The molecule has 4 aliphatic carbocycles. The van der Waals surface area contributed by atoms with Gasteiger partial charge >= 0.3 is 0 Å². The average molecular weight is 480 g/mol. The van der Waals surface area contributed by atoms with Crippen molar-refractivity contribution in [3.05, 3.63) is 30.1 Å². The molecule has 176 valence electrons. The first-order valence-corrected chi connectivity index (χ1v) is 13.1. The van der Waals surface area contributed by atoms with Crippen molar-refractivity contribution in [2.75, 3.05) is 17.6 Å². The Bertz CT molecular complexity index is 811. The molecular formula is C25H35ClFN3OS. The molecule has 1 N–H and O–H groups in total. The first kappa shape index (κ1) is 23.9. The molecule has 6 rings (SSSR count). The van der Waals surface area contributed by atoms with E-state index in [1.54, 1.807) is 12.1 Å². The largest absolute Gasteiger partial charge is 0.347 e. The number of aliphatic imine (C=N–C) groups is 1. The van der Waals surface area contributed by atoms with Gasteiger partial charge in [0.05, 0.1) is 5.54 Å². The second-order valence-electron chi connectivity index (χ2n) is 10.3. The number of unbranched alkanes of at least 4 members (excludes halogenated alkanes) is 1. The Morgan fingerprint density at radius 1 is 1.16 bits per heavy atom. The van der Waals surface area contributed by atoms with E-state index in [1.807, 2.05) is 11.8 Å². The quantitative estimate of drug-likeness (QED) is 0.512. The number of amides is 1. The van der Waals surface area contributed by atoms with Gasteiger partial charge in [-0.25, -0.2) is 4.39 Å². The number of carbonyl (C=O) groups excluding carboxylic acids is 1. The molecule has 4 saturated carbocycles. The molecule has 1 atom stereocenters. The van der Waals surface area contributed by atoms with E-state index in [2.05, 4.69) is 17.1 Å². The summed E-state index contributed by atoms with van der Waals surface area (Å²) in [5.74, 6) is 3.30. The molecule has 5 aliphatic rings. The van der Waals surface area contributed by atoms with E-state index in [1.165, 1.54) is 55.8 Å². The van der Waals surface area contributed by atoms with Gasteiger partial charge in [-0.3, -0.25) is 9.79 Å². The van der Waals surface area contributed by atoms with Crippen LogP contribution in [-0.4, -0.2) is 39.9 Å². The zero-order chi connectivity index (χ0) is 21.4. The Labute approximate surface area is 201 Å². The Hall–Kier alpha value is -1.27. The van der Waals surface area contributed by atoms with E-state index < -0.39 is 0 Å². The summed E-state index contributed by atoms with van der Waals surface area (Å²) in [7, 11) is 0. The van der Waals surface area contributed by atoms with Crippen molar-refractivity contribution in [2.24, 2.45) is 22.7 Å². The molecule has 1 aromatic carbocycles. The maximum atomic E-state index is 13.1. The van der Waals surface area contributed by atoms with Crippen LogP contribution in [0.15, 0.2) is 29.3 Å². The second kappa shape index (κ2) is 9.92. The van der Waals surface area contributed by atoms with Gasteiger partial charge in [-0.1, -0.05) is 25.1 Å². The van der Waals surface area contributed by atoms with Crippen molar-refractivity contribution >= 4 is 40.9 Å². The van der Waals surface area contributed by atoms with Gasteiger partial charge in [-0.2, -0.15) is 0 Å². The summed E-state index contributed by atoms with van der Waals surface area (Å²) in [5, 5.41) is 4.12. The third kappa shape index (κ3) is 5.11. The van der Waals surface area contributed by atoms with Crippen LogP contribution in [0.2, 0.25) is 0 Å². The molecule has 0 spiro atoms. The molecule has 4 nitrogen and oxygen atoms in total. The lowest BCUT2D eigenvalue weighted by atomic mass is 9.53. The number of halogens is 2. The van der Waals surface area contributed by atoms with Gasteiger partial charge in [0.2, 0.25) is 5.91 Å². The molecular weight excluding hydrogens is 445 g/mol. The predicted molar refractivity (Wildman–Crippen MR) is 133 cm³/mol. The third-order valence-corrected chi connectivity index (χ3v) is 8.87. The first-order valence-electron chi connectivity index (χ1n) is 12.1. The Kier molecular flexibility index (Phi) is 7.40. The lowest BCUT2D eigenvalue weighted by Gasteiger charge is -2.55. The van der Waals surface area contributed by atoms with Crippen LogP contribution in [0, 0.1) is 23.6 Å². The highest BCUT2D eigenvalue weighted by Crippen LogP contribution is 2.57. The Balaban J connectivity index is 0.00000245. The van der Waals surface area contributed by atoms with E-state index >= 15 is 0 Å². The number of thioether (sulfide) groups is 1. The minimum atomic E-state index is -0.290. The number of rotatable bonds is 7. The van der Waals surface area contributed by atoms with Crippen LogP contribution >= 0.6 is 24.2 Å². The van der Waals surface area contributed by atoms with E-state index in [4.69, 9.17) is 4.99 Å². The molecule has 1 heterocycles. The smallest absolute Gasteiger partial charge is 0.226 e. The molecule has 1 amide bonds. The van der Waals surface area contributed by atoms with Crippen molar-refractivity contribution in [1.29, 1.82) is 0 Å². The minimum absolute atomic E-state index is 0. The average Bonchev–Trinajstić information content (AvgIpc) is 3.07. The maximum absolute atomic E-state index is 13.1. The number of benzene rings is 1. The minimum Gasteiger partial charge on any atom is -0.347 e. The van der Waals surface area contributed by atoms with Crippen molar-refractivity contribution in [1.82, 2.24) is 4.90 Å². The fourth-order valence-electron chi connectivity index (χ4n) is 6.74. The molecule has 0 radical (unpaired) electrons. The molecule has 1 aromatic rings. The van der Waals surface area contributed by atoms with Gasteiger partial charge in [-0.05, 0) is 87.0 Å². The summed E-state index contributed by atoms with van der Waals surface area (Å²) in [6.45, 7) is 3.19. The number of amidine groups is 1. The van der Waals surface area contributed by atoms with Crippen LogP contribution < -0.4 is 5.32 Å². The van der Waals surface area contributed by atoms with E-state index in [-0.39, 0.29) is 35.7 Å². The van der Waals surface area contributed by atoms with Gasteiger partial charge in [-0.15, -0.1) is 12.4 Å². The third-order valence-electron chi connectivity index (χ3n) is 7.73. The van der Waals surface area contributed by atoms with Crippen molar-refractivity contribution in [3.63, 3.8) is 0 Å². The molecule has 1 saturated heterocycles. The van der Waals surface area contributed by atoms with Crippen LogP contribution in [0.25, 0.3) is 0 Å². The highest BCUT2D eigenvalue weighted by atomic mass is 35.5. The summed E-state index contributed by atoms with van der Waals surface area (Å²) in [4.78, 5) is 20.6. The van der Waals surface area contributed by atoms with E-state index in [0.717, 1.165) is 42.9 Å². The number of carbonyl (C=O) groups is 1. The van der Waals surface area contributed by atoms with E-state index in [9.17, 15) is 9.18 Å². The van der Waals surface area contributed by atoms with Gasteiger partial charge in [0.25, 0.3) is 0 Å². The van der Waals surface area contributed by atoms with Crippen LogP contribution in [0.5, 0.6) is 0 Å². The van der Waals surface area contributed by atoms with Crippen LogP contribution in [-0.2, 0) is 4.79 Å².